The quantitative estimate of drug-likeness (QED) is 0.762. The van der Waals surface area contributed by atoms with Crippen molar-refractivity contribution < 1.29 is 9.90 Å². The number of aliphatic carboxylic acids is 1. The predicted molar refractivity (Wildman–Crippen MR) is 83.0 cm³/mol. The highest BCUT2D eigenvalue weighted by molar-refractivity contribution is 5.78. The van der Waals surface area contributed by atoms with E-state index in [2.05, 4.69) is 31.0 Å². The van der Waals surface area contributed by atoms with Crippen LogP contribution in [0.25, 0.3) is 0 Å². The first kappa shape index (κ1) is 17.4. The molecule has 2 N–H and O–H groups in total. The lowest BCUT2D eigenvalue weighted by atomic mass is 9.76. The molecule has 118 valence electrons. The Hall–Kier alpha value is -0.610. The third-order valence-electron chi connectivity index (χ3n) is 4.73. The molecular weight excluding hydrogens is 252 g/mol. The Morgan fingerprint density at radius 3 is 2.45 bits per heavy atom. The zero-order chi connectivity index (χ0) is 15.4. The largest absolute Gasteiger partial charge is 0.480 e. The molecule has 2 atom stereocenters. The van der Waals surface area contributed by atoms with Gasteiger partial charge in [0.25, 0.3) is 0 Å². The van der Waals surface area contributed by atoms with Gasteiger partial charge in [-0.2, -0.15) is 0 Å². The number of rotatable bonds is 5. The van der Waals surface area contributed by atoms with Crippen molar-refractivity contribution in [2.45, 2.75) is 58.4 Å². The van der Waals surface area contributed by atoms with Crippen molar-refractivity contribution in [2.75, 3.05) is 27.2 Å². The number of nitrogens with one attached hydrogen (secondary N) is 1. The number of hydrogen-bond donors (Lipinski definition) is 2. The monoisotopic (exact) mass is 284 g/mol. The van der Waals surface area contributed by atoms with Crippen molar-refractivity contribution in [2.24, 2.45) is 11.3 Å². The molecule has 0 bridgehead atoms. The summed E-state index contributed by atoms with van der Waals surface area (Å²) in [4.78, 5) is 13.9. The fourth-order valence-corrected chi connectivity index (χ4v) is 3.19. The summed E-state index contributed by atoms with van der Waals surface area (Å²) in [7, 11) is 4.02. The van der Waals surface area contributed by atoms with Crippen LogP contribution in [0.15, 0.2) is 0 Å². The Morgan fingerprint density at radius 2 is 1.95 bits per heavy atom. The number of likely N-dealkylation sites (N-methyl/N-ethyl adjacent to an activating group) is 1. The highest BCUT2D eigenvalue weighted by atomic mass is 16.4. The van der Waals surface area contributed by atoms with Gasteiger partial charge < -0.3 is 15.3 Å². The van der Waals surface area contributed by atoms with E-state index in [1.165, 1.54) is 0 Å². The molecule has 20 heavy (non-hydrogen) atoms. The third-order valence-corrected chi connectivity index (χ3v) is 4.73. The molecule has 2 unspecified atom stereocenters. The third kappa shape index (κ3) is 4.74. The minimum Gasteiger partial charge on any atom is -0.480 e. The number of nitrogens with zero attached hydrogens (tertiary/aromatic N) is 1. The highest BCUT2D eigenvalue weighted by Gasteiger charge is 2.41. The van der Waals surface area contributed by atoms with Gasteiger partial charge in [0.1, 0.15) is 5.54 Å². The SMILES string of the molecule is CN(C)CCNC1(C(=O)O)CCCC(C(C)(C)C)CC1. The molecular formula is C16H32N2O2. The zero-order valence-corrected chi connectivity index (χ0v) is 13.8. The Kier molecular flexibility index (Phi) is 6.02. The van der Waals surface area contributed by atoms with Gasteiger partial charge in [0.2, 0.25) is 0 Å². The van der Waals surface area contributed by atoms with E-state index in [0.29, 0.717) is 5.92 Å². The van der Waals surface area contributed by atoms with Gasteiger partial charge in [0, 0.05) is 13.1 Å². The van der Waals surface area contributed by atoms with Gasteiger partial charge in [-0.3, -0.25) is 4.79 Å². The van der Waals surface area contributed by atoms with Crippen LogP contribution in [-0.4, -0.2) is 48.7 Å². The Morgan fingerprint density at radius 1 is 1.30 bits per heavy atom. The van der Waals surface area contributed by atoms with E-state index in [0.717, 1.165) is 45.2 Å². The van der Waals surface area contributed by atoms with Crippen LogP contribution in [0.3, 0.4) is 0 Å². The fraction of sp³-hybridized carbons (Fsp3) is 0.938. The van der Waals surface area contributed by atoms with Crippen molar-refractivity contribution in [3.8, 4) is 0 Å². The molecule has 0 aromatic heterocycles. The molecule has 4 heteroatoms. The smallest absolute Gasteiger partial charge is 0.323 e. The van der Waals surface area contributed by atoms with Crippen LogP contribution in [-0.2, 0) is 4.79 Å². The number of carbonyl (C=O) groups is 1. The molecule has 0 spiro atoms. The van der Waals surface area contributed by atoms with Crippen LogP contribution in [0.4, 0.5) is 0 Å². The Bertz CT molecular complexity index is 323. The standard InChI is InChI=1S/C16H32N2O2/c1-15(2,3)13-7-6-9-16(10-8-13,14(19)20)17-11-12-18(4)5/h13,17H,6-12H2,1-5H3,(H,19,20). The van der Waals surface area contributed by atoms with Crippen LogP contribution in [0.2, 0.25) is 0 Å². The Balaban J connectivity index is 2.69. The van der Waals surface area contributed by atoms with Gasteiger partial charge in [-0.1, -0.05) is 27.2 Å². The normalized spacial score (nSPS) is 28.4. The van der Waals surface area contributed by atoms with Gasteiger partial charge >= 0.3 is 5.97 Å². The average molecular weight is 284 g/mol. The first-order valence-corrected chi connectivity index (χ1v) is 7.80. The van der Waals surface area contributed by atoms with Gasteiger partial charge in [-0.25, -0.2) is 0 Å². The summed E-state index contributed by atoms with van der Waals surface area (Å²) in [5, 5.41) is 13.0. The van der Waals surface area contributed by atoms with E-state index in [-0.39, 0.29) is 5.41 Å². The first-order valence-electron chi connectivity index (χ1n) is 7.80. The van der Waals surface area contributed by atoms with E-state index < -0.39 is 11.5 Å². The van der Waals surface area contributed by atoms with Gasteiger partial charge in [0.05, 0.1) is 0 Å². The molecule has 0 aliphatic heterocycles. The molecule has 0 heterocycles. The summed E-state index contributed by atoms with van der Waals surface area (Å²) in [6.07, 6.45) is 4.65. The molecule has 0 aromatic carbocycles. The fourth-order valence-electron chi connectivity index (χ4n) is 3.19. The molecule has 0 saturated heterocycles. The van der Waals surface area contributed by atoms with E-state index in [4.69, 9.17) is 0 Å². The molecule has 0 aromatic rings. The van der Waals surface area contributed by atoms with Gasteiger partial charge in [0.15, 0.2) is 0 Å². The average Bonchev–Trinajstić information content (AvgIpc) is 2.51. The van der Waals surface area contributed by atoms with E-state index >= 15 is 0 Å². The van der Waals surface area contributed by atoms with Crippen molar-refractivity contribution >= 4 is 5.97 Å². The van der Waals surface area contributed by atoms with Crippen molar-refractivity contribution in [3.63, 3.8) is 0 Å². The van der Waals surface area contributed by atoms with Gasteiger partial charge in [-0.15, -0.1) is 0 Å². The van der Waals surface area contributed by atoms with Crippen LogP contribution >= 0.6 is 0 Å². The number of carboxylic acids is 1. The minimum atomic E-state index is -0.712. The van der Waals surface area contributed by atoms with Gasteiger partial charge in [-0.05, 0) is 51.1 Å². The van der Waals surface area contributed by atoms with Crippen LogP contribution in [0.5, 0.6) is 0 Å². The summed E-state index contributed by atoms with van der Waals surface area (Å²) in [6.45, 7) is 8.41. The van der Waals surface area contributed by atoms with Crippen LogP contribution < -0.4 is 5.32 Å². The predicted octanol–water partition coefficient (Wildman–Crippen LogP) is 2.59. The lowest BCUT2D eigenvalue weighted by molar-refractivity contribution is -0.145. The lowest BCUT2D eigenvalue weighted by Crippen LogP contribution is -2.53. The molecule has 4 nitrogen and oxygen atoms in total. The van der Waals surface area contributed by atoms with Crippen LogP contribution in [0, 0.1) is 11.3 Å². The summed E-state index contributed by atoms with van der Waals surface area (Å²) in [6, 6.07) is 0. The zero-order valence-electron chi connectivity index (χ0n) is 13.8. The highest BCUT2D eigenvalue weighted by Crippen LogP contribution is 2.39. The lowest BCUT2D eigenvalue weighted by Gasteiger charge is -2.32. The molecule has 1 rings (SSSR count). The summed E-state index contributed by atoms with van der Waals surface area (Å²) < 4.78 is 0. The second-order valence-corrected chi connectivity index (χ2v) is 7.61. The maximum atomic E-state index is 11.8. The summed E-state index contributed by atoms with van der Waals surface area (Å²) in [5.41, 5.74) is -0.436. The number of hydrogen-bond acceptors (Lipinski definition) is 3. The van der Waals surface area contributed by atoms with E-state index in [1.807, 2.05) is 14.1 Å². The maximum Gasteiger partial charge on any atom is 0.323 e. The Labute approximate surface area is 123 Å². The first-order chi connectivity index (χ1) is 9.17. The second kappa shape index (κ2) is 6.90. The molecule has 1 fully saturated rings. The van der Waals surface area contributed by atoms with Crippen LogP contribution in [0.1, 0.15) is 52.9 Å². The number of carboxylic acid groups (broad SMARTS) is 1. The minimum absolute atomic E-state index is 0.276. The van der Waals surface area contributed by atoms with E-state index in [9.17, 15) is 9.90 Å². The van der Waals surface area contributed by atoms with Crippen molar-refractivity contribution in [3.05, 3.63) is 0 Å². The summed E-state index contributed by atoms with van der Waals surface area (Å²) in [5.74, 6) is -0.0508. The molecule has 1 saturated carbocycles. The van der Waals surface area contributed by atoms with E-state index in [1.54, 1.807) is 0 Å². The molecule has 0 amide bonds. The molecule has 0 radical (unpaired) electrons. The molecule has 1 aliphatic carbocycles. The topological polar surface area (TPSA) is 52.6 Å². The summed E-state index contributed by atoms with van der Waals surface area (Å²) >= 11 is 0. The van der Waals surface area contributed by atoms with Crippen molar-refractivity contribution in [1.29, 1.82) is 0 Å². The second-order valence-electron chi connectivity index (χ2n) is 7.61. The van der Waals surface area contributed by atoms with Crippen molar-refractivity contribution in [1.82, 2.24) is 10.2 Å². The maximum absolute atomic E-state index is 11.8. The molecule has 1 aliphatic rings.